The number of hydrogen-bond acceptors (Lipinski definition) is 2. The molecule has 0 bridgehead atoms. The predicted octanol–water partition coefficient (Wildman–Crippen LogP) is 7.41. The Labute approximate surface area is 160 Å². The van der Waals surface area contributed by atoms with Gasteiger partial charge in [0, 0.05) is 16.5 Å². The van der Waals surface area contributed by atoms with E-state index >= 15 is 0 Å². The lowest BCUT2D eigenvalue weighted by atomic mass is 9.87. The Morgan fingerprint density at radius 2 is 1.41 bits per heavy atom. The van der Waals surface area contributed by atoms with E-state index in [-0.39, 0.29) is 0 Å². The van der Waals surface area contributed by atoms with Crippen molar-refractivity contribution in [3.63, 3.8) is 0 Å². The third kappa shape index (κ3) is 3.28. The number of nitrogens with zero attached hydrogens (tertiary/aromatic N) is 1. The fourth-order valence-corrected chi connectivity index (χ4v) is 3.65. The fourth-order valence-electron chi connectivity index (χ4n) is 3.65. The van der Waals surface area contributed by atoms with Crippen molar-refractivity contribution in [1.29, 1.82) is 0 Å². The lowest BCUT2D eigenvalue weighted by Crippen LogP contribution is -1.98. The molecule has 2 heterocycles. The molecular formula is C25H25NO. The molecule has 136 valence electrons. The highest BCUT2D eigenvalue weighted by molar-refractivity contribution is 5.84. The second-order valence-corrected chi connectivity index (χ2v) is 7.69. The molecule has 0 saturated carbocycles. The first-order valence-electron chi connectivity index (χ1n) is 9.63. The van der Waals surface area contributed by atoms with Crippen LogP contribution in [0.25, 0.3) is 33.7 Å². The molecule has 2 heteroatoms. The van der Waals surface area contributed by atoms with Crippen LogP contribution in [0.3, 0.4) is 0 Å². The molecular weight excluding hydrogens is 330 g/mol. The highest BCUT2D eigenvalue weighted by atomic mass is 16.3. The Morgan fingerprint density at radius 3 is 2.04 bits per heavy atom. The van der Waals surface area contributed by atoms with Crippen molar-refractivity contribution >= 4 is 11.1 Å². The lowest BCUT2D eigenvalue weighted by molar-refractivity contribution is 0.615. The highest BCUT2D eigenvalue weighted by Crippen LogP contribution is 2.38. The molecule has 0 saturated heterocycles. The number of furan rings is 1. The summed E-state index contributed by atoms with van der Waals surface area (Å²) < 4.78 is 6.29. The van der Waals surface area contributed by atoms with Crippen LogP contribution in [0.15, 0.2) is 71.1 Å². The molecule has 2 nitrogen and oxygen atoms in total. The third-order valence-electron chi connectivity index (χ3n) is 5.07. The summed E-state index contributed by atoms with van der Waals surface area (Å²) in [5.41, 5.74) is 6.60. The zero-order valence-electron chi connectivity index (χ0n) is 16.4. The van der Waals surface area contributed by atoms with Crippen molar-refractivity contribution in [2.75, 3.05) is 0 Å². The minimum atomic E-state index is 0.430. The van der Waals surface area contributed by atoms with Crippen LogP contribution in [0, 0.1) is 0 Å². The second kappa shape index (κ2) is 7.03. The molecule has 0 unspecified atom stereocenters. The van der Waals surface area contributed by atoms with E-state index in [0.29, 0.717) is 17.5 Å². The van der Waals surface area contributed by atoms with E-state index < -0.39 is 0 Å². The van der Waals surface area contributed by atoms with Gasteiger partial charge in [0.1, 0.15) is 5.76 Å². The van der Waals surface area contributed by atoms with Gasteiger partial charge >= 0.3 is 0 Å². The second-order valence-electron chi connectivity index (χ2n) is 7.69. The van der Waals surface area contributed by atoms with Crippen LogP contribution in [0.4, 0.5) is 0 Å². The molecule has 0 atom stereocenters. The average Bonchev–Trinajstić information content (AvgIpc) is 3.11. The molecule has 0 radical (unpaired) electrons. The molecule has 2 aromatic carbocycles. The van der Waals surface area contributed by atoms with E-state index in [1.165, 1.54) is 16.7 Å². The molecule has 27 heavy (non-hydrogen) atoms. The zero-order valence-corrected chi connectivity index (χ0v) is 16.4. The maximum atomic E-state index is 6.29. The molecule has 0 spiro atoms. The Balaban J connectivity index is 1.88. The van der Waals surface area contributed by atoms with Gasteiger partial charge in [0.05, 0.1) is 5.69 Å². The van der Waals surface area contributed by atoms with Gasteiger partial charge in [0.25, 0.3) is 0 Å². The van der Waals surface area contributed by atoms with Crippen LogP contribution in [0.1, 0.15) is 50.7 Å². The van der Waals surface area contributed by atoms with E-state index in [1.807, 2.05) is 18.2 Å². The van der Waals surface area contributed by atoms with Crippen LogP contribution >= 0.6 is 0 Å². The number of aromatic nitrogens is 1. The third-order valence-corrected chi connectivity index (χ3v) is 5.07. The summed E-state index contributed by atoms with van der Waals surface area (Å²) in [4.78, 5) is 4.77. The van der Waals surface area contributed by atoms with Crippen molar-refractivity contribution in [2.45, 2.75) is 39.5 Å². The molecule has 2 aromatic heterocycles. The van der Waals surface area contributed by atoms with Crippen LogP contribution < -0.4 is 0 Å². The molecule has 4 rings (SSSR count). The van der Waals surface area contributed by atoms with Gasteiger partial charge in [0.2, 0.25) is 5.71 Å². The normalized spacial score (nSPS) is 11.6. The summed E-state index contributed by atoms with van der Waals surface area (Å²) in [6, 6.07) is 23.1. The maximum absolute atomic E-state index is 6.29. The van der Waals surface area contributed by atoms with Gasteiger partial charge in [0.15, 0.2) is 0 Å². The maximum Gasteiger partial charge on any atom is 0.227 e. The van der Waals surface area contributed by atoms with Gasteiger partial charge in [-0.25, -0.2) is 4.98 Å². The van der Waals surface area contributed by atoms with Crippen LogP contribution in [0.5, 0.6) is 0 Å². The smallest absolute Gasteiger partial charge is 0.227 e. The van der Waals surface area contributed by atoms with E-state index in [2.05, 4.69) is 76.2 Å². The monoisotopic (exact) mass is 355 g/mol. The Bertz CT molecular complexity index is 1050. The molecule has 0 fully saturated rings. The molecule has 0 aliphatic carbocycles. The zero-order chi connectivity index (χ0) is 19.0. The molecule has 4 aromatic rings. The van der Waals surface area contributed by atoms with Gasteiger partial charge in [-0.2, -0.15) is 0 Å². The minimum Gasteiger partial charge on any atom is -0.438 e. The molecule has 0 N–H and O–H groups in total. The van der Waals surface area contributed by atoms with E-state index in [1.54, 1.807) is 0 Å². The number of hydrogen-bond donors (Lipinski definition) is 0. The van der Waals surface area contributed by atoms with E-state index in [9.17, 15) is 0 Å². The largest absolute Gasteiger partial charge is 0.438 e. The van der Waals surface area contributed by atoms with Gasteiger partial charge in [-0.15, -0.1) is 0 Å². The first kappa shape index (κ1) is 17.5. The summed E-state index contributed by atoms with van der Waals surface area (Å²) in [6.07, 6.45) is 0. The van der Waals surface area contributed by atoms with Gasteiger partial charge in [-0.05, 0) is 41.2 Å². The molecule has 0 amide bonds. The Kier molecular flexibility index (Phi) is 4.57. The number of fused-ring (bicyclic) bond motifs is 1. The summed E-state index contributed by atoms with van der Waals surface area (Å²) in [6.45, 7) is 8.93. The Morgan fingerprint density at radius 1 is 0.741 bits per heavy atom. The lowest BCUT2D eigenvalue weighted by Gasteiger charge is -2.17. The summed E-state index contributed by atoms with van der Waals surface area (Å²) >= 11 is 0. The van der Waals surface area contributed by atoms with Crippen molar-refractivity contribution < 1.29 is 4.42 Å². The van der Waals surface area contributed by atoms with E-state index in [0.717, 1.165) is 22.4 Å². The standard InChI is InChI=1S/C25H25NO/c1-16(2)20-11-8-12-21(17(3)4)24(20)23-15-19-13-14-22(26-25(19)27-23)18-9-6-5-7-10-18/h5-17H,1-4H3. The SMILES string of the molecule is CC(C)c1cccc(C(C)C)c1-c1cc2ccc(-c3ccccc3)nc2o1. The Hall–Kier alpha value is -2.87. The van der Waals surface area contributed by atoms with Crippen molar-refractivity contribution in [3.8, 4) is 22.6 Å². The average molecular weight is 355 g/mol. The first-order valence-corrected chi connectivity index (χ1v) is 9.63. The van der Waals surface area contributed by atoms with Crippen LogP contribution in [-0.2, 0) is 0 Å². The number of rotatable bonds is 4. The van der Waals surface area contributed by atoms with Crippen molar-refractivity contribution in [3.05, 3.63) is 77.9 Å². The van der Waals surface area contributed by atoms with Gasteiger partial charge in [-0.3, -0.25) is 0 Å². The summed E-state index contributed by atoms with van der Waals surface area (Å²) in [5.74, 6) is 1.77. The molecule has 0 aliphatic heterocycles. The quantitative estimate of drug-likeness (QED) is 0.381. The topological polar surface area (TPSA) is 26.0 Å². The molecule has 0 aliphatic rings. The predicted molar refractivity (Wildman–Crippen MR) is 113 cm³/mol. The van der Waals surface area contributed by atoms with Crippen molar-refractivity contribution in [1.82, 2.24) is 4.98 Å². The van der Waals surface area contributed by atoms with Crippen molar-refractivity contribution in [2.24, 2.45) is 0 Å². The van der Waals surface area contributed by atoms with Gasteiger partial charge in [-0.1, -0.05) is 76.2 Å². The minimum absolute atomic E-state index is 0.430. The summed E-state index contributed by atoms with van der Waals surface area (Å²) in [7, 11) is 0. The fraction of sp³-hybridized carbons (Fsp3) is 0.240. The van der Waals surface area contributed by atoms with E-state index in [4.69, 9.17) is 9.40 Å². The first-order chi connectivity index (χ1) is 13.0. The number of pyridine rings is 1. The van der Waals surface area contributed by atoms with Crippen LogP contribution in [0.2, 0.25) is 0 Å². The van der Waals surface area contributed by atoms with Gasteiger partial charge < -0.3 is 4.42 Å². The van der Waals surface area contributed by atoms with Crippen LogP contribution in [-0.4, -0.2) is 4.98 Å². The number of benzene rings is 2. The highest BCUT2D eigenvalue weighted by Gasteiger charge is 2.19. The summed E-state index contributed by atoms with van der Waals surface area (Å²) in [5, 5.41) is 1.04.